The number of hydrogen-bond donors (Lipinski definition) is 0. The number of benzene rings is 1. The third-order valence-electron chi connectivity index (χ3n) is 5.08. The highest BCUT2D eigenvalue weighted by Gasteiger charge is 2.36. The molecule has 5 nitrogen and oxygen atoms in total. The van der Waals surface area contributed by atoms with Crippen LogP contribution >= 0.6 is 0 Å². The third-order valence-corrected chi connectivity index (χ3v) is 5.08. The number of carbonyl (C=O) groups excluding carboxylic acids is 2. The molecule has 0 unspecified atom stereocenters. The van der Waals surface area contributed by atoms with Crippen molar-refractivity contribution in [3.63, 3.8) is 0 Å². The Kier molecular flexibility index (Phi) is 6.22. The van der Waals surface area contributed by atoms with Crippen LogP contribution in [0.15, 0.2) is 48.8 Å². The lowest BCUT2D eigenvalue weighted by Gasteiger charge is -2.40. The van der Waals surface area contributed by atoms with Crippen LogP contribution in [0.4, 0.5) is 0 Å². The van der Waals surface area contributed by atoms with Gasteiger partial charge in [0.05, 0.1) is 0 Å². The average Bonchev–Trinajstić information content (AvgIpc) is 2.72. The molecular formula is C22H27N3O2. The van der Waals surface area contributed by atoms with Crippen LogP contribution in [-0.2, 0) is 16.0 Å². The molecule has 2 heterocycles. The van der Waals surface area contributed by atoms with E-state index in [1.807, 2.05) is 42.3 Å². The van der Waals surface area contributed by atoms with Crippen LogP contribution in [0.3, 0.4) is 0 Å². The first-order valence-corrected chi connectivity index (χ1v) is 9.71. The Hall–Kier alpha value is -2.69. The third kappa shape index (κ3) is 4.35. The van der Waals surface area contributed by atoms with Gasteiger partial charge in [-0.2, -0.15) is 0 Å². The van der Waals surface area contributed by atoms with Crippen LogP contribution in [-0.4, -0.2) is 52.3 Å². The zero-order valence-corrected chi connectivity index (χ0v) is 16.1. The molecule has 1 aliphatic rings. The van der Waals surface area contributed by atoms with Gasteiger partial charge in [0.1, 0.15) is 6.04 Å². The van der Waals surface area contributed by atoms with E-state index in [1.54, 1.807) is 11.1 Å². The molecular weight excluding hydrogens is 338 g/mol. The van der Waals surface area contributed by atoms with E-state index >= 15 is 0 Å². The first-order valence-electron chi connectivity index (χ1n) is 9.71. The molecule has 142 valence electrons. The molecule has 0 bridgehead atoms. The standard InChI is InChI=1S/C22H27N3O2/c1-3-12-24-13-14-25(21(26)4-2)20(22(24)27)15-17-7-9-18(10-8-17)19-6-5-11-23-16-19/h5-11,16,20H,3-4,12-15H2,1-2H3/t20-/m1/s1. The number of rotatable bonds is 6. The average molecular weight is 365 g/mol. The zero-order chi connectivity index (χ0) is 19.2. The van der Waals surface area contributed by atoms with Crippen molar-refractivity contribution in [1.82, 2.24) is 14.8 Å². The van der Waals surface area contributed by atoms with E-state index in [0.29, 0.717) is 25.9 Å². The molecule has 1 aliphatic heterocycles. The van der Waals surface area contributed by atoms with Crippen molar-refractivity contribution < 1.29 is 9.59 Å². The Balaban J connectivity index is 1.79. The van der Waals surface area contributed by atoms with Gasteiger partial charge < -0.3 is 9.80 Å². The van der Waals surface area contributed by atoms with Gasteiger partial charge >= 0.3 is 0 Å². The largest absolute Gasteiger partial charge is 0.339 e. The van der Waals surface area contributed by atoms with Crippen molar-refractivity contribution in [3.8, 4) is 11.1 Å². The van der Waals surface area contributed by atoms with Gasteiger partial charge in [0.15, 0.2) is 0 Å². The molecule has 3 rings (SSSR count). The summed E-state index contributed by atoms with van der Waals surface area (Å²) in [5, 5.41) is 0. The van der Waals surface area contributed by atoms with E-state index in [0.717, 1.165) is 29.7 Å². The summed E-state index contributed by atoms with van der Waals surface area (Å²) >= 11 is 0. The van der Waals surface area contributed by atoms with E-state index in [-0.39, 0.29) is 11.8 Å². The summed E-state index contributed by atoms with van der Waals surface area (Å²) in [7, 11) is 0. The highest BCUT2D eigenvalue weighted by atomic mass is 16.2. The van der Waals surface area contributed by atoms with Gasteiger partial charge in [-0.1, -0.05) is 44.2 Å². The second kappa shape index (κ2) is 8.80. The lowest BCUT2D eigenvalue weighted by molar-refractivity contribution is -0.151. The monoisotopic (exact) mass is 365 g/mol. The maximum atomic E-state index is 13.0. The number of hydrogen-bond acceptors (Lipinski definition) is 3. The van der Waals surface area contributed by atoms with E-state index in [2.05, 4.69) is 24.0 Å². The van der Waals surface area contributed by atoms with Crippen LogP contribution in [0.5, 0.6) is 0 Å². The van der Waals surface area contributed by atoms with Gasteiger partial charge in [-0.05, 0) is 29.2 Å². The second-order valence-electron chi connectivity index (χ2n) is 6.92. The van der Waals surface area contributed by atoms with Gasteiger partial charge in [0, 0.05) is 44.9 Å². The number of piperazine rings is 1. The fourth-order valence-corrected chi connectivity index (χ4v) is 3.62. The van der Waals surface area contributed by atoms with Crippen molar-refractivity contribution in [1.29, 1.82) is 0 Å². The fraction of sp³-hybridized carbons (Fsp3) is 0.409. The van der Waals surface area contributed by atoms with Crippen molar-refractivity contribution >= 4 is 11.8 Å². The molecule has 2 amide bonds. The summed E-state index contributed by atoms with van der Waals surface area (Å²) in [6.45, 7) is 5.93. The Morgan fingerprint density at radius 1 is 1.11 bits per heavy atom. The van der Waals surface area contributed by atoms with Gasteiger partial charge in [0.25, 0.3) is 0 Å². The molecule has 2 aromatic rings. The van der Waals surface area contributed by atoms with Crippen LogP contribution in [0.25, 0.3) is 11.1 Å². The molecule has 1 saturated heterocycles. The molecule has 27 heavy (non-hydrogen) atoms. The molecule has 1 aromatic heterocycles. The number of aromatic nitrogens is 1. The number of nitrogens with zero attached hydrogens (tertiary/aromatic N) is 3. The van der Waals surface area contributed by atoms with E-state index in [9.17, 15) is 9.59 Å². The smallest absolute Gasteiger partial charge is 0.245 e. The Morgan fingerprint density at radius 3 is 2.52 bits per heavy atom. The normalized spacial score (nSPS) is 17.3. The number of carbonyl (C=O) groups is 2. The predicted octanol–water partition coefficient (Wildman–Crippen LogP) is 3.15. The maximum absolute atomic E-state index is 13.0. The Labute approximate surface area is 161 Å². The molecule has 0 radical (unpaired) electrons. The summed E-state index contributed by atoms with van der Waals surface area (Å²) in [5.41, 5.74) is 3.22. The first-order chi connectivity index (χ1) is 13.1. The summed E-state index contributed by atoms with van der Waals surface area (Å²) in [4.78, 5) is 33.1. The maximum Gasteiger partial charge on any atom is 0.245 e. The lowest BCUT2D eigenvalue weighted by Crippen LogP contribution is -2.59. The second-order valence-corrected chi connectivity index (χ2v) is 6.92. The minimum absolute atomic E-state index is 0.0523. The van der Waals surface area contributed by atoms with Gasteiger partial charge in [-0.15, -0.1) is 0 Å². The van der Waals surface area contributed by atoms with Crippen molar-refractivity contribution in [2.75, 3.05) is 19.6 Å². The summed E-state index contributed by atoms with van der Waals surface area (Å²) in [5.74, 6) is 0.123. The van der Waals surface area contributed by atoms with Crippen molar-refractivity contribution in [2.45, 2.75) is 39.2 Å². The van der Waals surface area contributed by atoms with Crippen LogP contribution in [0.2, 0.25) is 0 Å². The number of pyridine rings is 1. The molecule has 5 heteroatoms. The van der Waals surface area contributed by atoms with Gasteiger partial charge in [-0.3, -0.25) is 14.6 Å². The Morgan fingerprint density at radius 2 is 1.89 bits per heavy atom. The topological polar surface area (TPSA) is 53.5 Å². The van der Waals surface area contributed by atoms with Crippen LogP contribution < -0.4 is 0 Å². The molecule has 0 N–H and O–H groups in total. The summed E-state index contributed by atoms with van der Waals surface area (Å²) < 4.78 is 0. The number of amides is 2. The molecule has 0 spiro atoms. The Bertz CT molecular complexity index is 774. The summed E-state index contributed by atoms with van der Waals surface area (Å²) in [6, 6.07) is 11.7. The summed E-state index contributed by atoms with van der Waals surface area (Å²) in [6.07, 6.45) is 5.51. The fourth-order valence-electron chi connectivity index (χ4n) is 3.62. The van der Waals surface area contributed by atoms with E-state index < -0.39 is 6.04 Å². The highest BCUT2D eigenvalue weighted by Crippen LogP contribution is 2.22. The van der Waals surface area contributed by atoms with Crippen molar-refractivity contribution in [3.05, 3.63) is 54.4 Å². The molecule has 0 saturated carbocycles. The van der Waals surface area contributed by atoms with E-state index in [4.69, 9.17) is 0 Å². The van der Waals surface area contributed by atoms with Crippen molar-refractivity contribution in [2.24, 2.45) is 0 Å². The molecule has 0 aliphatic carbocycles. The zero-order valence-electron chi connectivity index (χ0n) is 16.1. The van der Waals surface area contributed by atoms with E-state index in [1.165, 1.54) is 0 Å². The molecule has 1 fully saturated rings. The lowest BCUT2D eigenvalue weighted by atomic mass is 9.98. The first kappa shape index (κ1) is 19.1. The minimum Gasteiger partial charge on any atom is -0.339 e. The molecule has 1 atom stereocenters. The molecule has 1 aromatic carbocycles. The quantitative estimate of drug-likeness (QED) is 0.790. The van der Waals surface area contributed by atoms with Crippen LogP contribution in [0, 0.1) is 0 Å². The SMILES string of the molecule is CCCN1CCN(C(=O)CC)[C@H](Cc2ccc(-c3cccnc3)cc2)C1=O. The minimum atomic E-state index is -0.401. The van der Waals surface area contributed by atoms with Gasteiger partial charge in [-0.25, -0.2) is 0 Å². The highest BCUT2D eigenvalue weighted by molar-refractivity contribution is 5.89. The van der Waals surface area contributed by atoms with Gasteiger partial charge in [0.2, 0.25) is 11.8 Å². The predicted molar refractivity (Wildman–Crippen MR) is 106 cm³/mol. The van der Waals surface area contributed by atoms with Crippen LogP contribution in [0.1, 0.15) is 32.3 Å².